The van der Waals surface area contributed by atoms with Gasteiger partial charge in [0, 0.05) is 32.3 Å². The number of aromatic nitrogens is 4. The molecule has 134 valence electrons. The molecule has 0 spiro atoms. The van der Waals surface area contributed by atoms with Gasteiger partial charge in [-0.3, -0.25) is 9.59 Å². The van der Waals surface area contributed by atoms with Crippen LogP contribution in [0.15, 0.2) is 24.0 Å². The molecule has 26 heavy (non-hydrogen) atoms. The molecule has 1 aliphatic rings. The van der Waals surface area contributed by atoms with E-state index in [-0.39, 0.29) is 17.7 Å². The lowest BCUT2D eigenvalue weighted by Crippen LogP contribution is -2.28. The minimum Gasteiger partial charge on any atom is -0.355 e. The van der Waals surface area contributed by atoms with Gasteiger partial charge in [0.15, 0.2) is 5.65 Å². The summed E-state index contributed by atoms with van der Waals surface area (Å²) in [4.78, 5) is 35.7. The predicted octanol–water partition coefficient (Wildman–Crippen LogP) is 1.48. The third-order valence-electron chi connectivity index (χ3n) is 4.74. The Morgan fingerprint density at radius 1 is 1.35 bits per heavy atom. The average molecular weight is 370 g/mol. The van der Waals surface area contributed by atoms with Crippen molar-refractivity contribution in [3.8, 4) is 0 Å². The fourth-order valence-corrected chi connectivity index (χ4v) is 4.12. The number of aryl methyl sites for hydroxylation is 1. The molecule has 4 rings (SSSR count). The van der Waals surface area contributed by atoms with Crippen molar-refractivity contribution in [3.05, 3.63) is 45.8 Å². The van der Waals surface area contributed by atoms with E-state index in [4.69, 9.17) is 0 Å². The van der Waals surface area contributed by atoms with E-state index in [1.807, 2.05) is 17.9 Å². The van der Waals surface area contributed by atoms with Gasteiger partial charge in [0.05, 0.1) is 23.1 Å². The summed E-state index contributed by atoms with van der Waals surface area (Å²) in [5, 5.41) is 6.95. The lowest BCUT2D eigenvalue weighted by molar-refractivity contribution is 0.0794. The number of carbonyl (C=O) groups excluding carboxylic acids is 2. The predicted molar refractivity (Wildman–Crippen MR) is 96.5 cm³/mol. The number of amides is 2. The van der Waals surface area contributed by atoms with Crippen molar-refractivity contribution in [2.75, 3.05) is 20.1 Å². The zero-order chi connectivity index (χ0) is 18.3. The molecule has 3 aromatic rings. The fourth-order valence-electron chi connectivity index (χ4n) is 3.35. The van der Waals surface area contributed by atoms with Crippen LogP contribution in [0.4, 0.5) is 0 Å². The smallest absolute Gasteiger partial charge is 0.265 e. The minimum atomic E-state index is -0.214. The average Bonchev–Trinajstić information content (AvgIpc) is 3.39. The molecule has 0 aliphatic carbocycles. The monoisotopic (exact) mass is 370 g/mol. The number of thiazole rings is 1. The molecule has 0 aromatic carbocycles. The molecule has 8 nitrogen and oxygen atoms in total. The second kappa shape index (κ2) is 6.49. The lowest BCUT2D eigenvalue weighted by atomic mass is 10.0. The van der Waals surface area contributed by atoms with Gasteiger partial charge in [-0.2, -0.15) is 5.10 Å². The first-order valence-corrected chi connectivity index (χ1v) is 9.22. The van der Waals surface area contributed by atoms with Gasteiger partial charge in [-0.1, -0.05) is 0 Å². The summed E-state index contributed by atoms with van der Waals surface area (Å²) in [6, 6.07) is 1.91. The van der Waals surface area contributed by atoms with E-state index >= 15 is 0 Å². The normalized spacial score (nSPS) is 17.0. The highest BCUT2D eigenvalue weighted by molar-refractivity contribution is 7.11. The SMILES string of the molecule is CNC(=O)c1cnn2c(C3CCN(C(=O)c4scnc4C)C3)ccnc12. The van der Waals surface area contributed by atoms with E-state index < -0.39 is 0 Å². The molecule has 1 N–H and O–H groups in total. The maximum absolute atomic E-state index is 12.7. The van der Waals surface area contributed by atoms with Crippen molar-refractivity contribution in [2.45, 2.75) is 19.3 Å². The Morgan fingerprint density at radius 3 is 2.92 bits per heavy atom. The van der Waals surface area contributed by atoms with Crippen molar-refractivity contribution >= 4 is 28.8 Å². The first kappa shape index (κ1) is 16.6. The third kappa shape index (κ3) is 2.64. The Kier molecular flexibility index (Phi) is 4.15. The van der Waals surface area contributed by atoms with Crippen LogP contribution in [0.1, 0.15) is 43.8 Å². The third-order valence-corrected chi connectivity index (χ3v) is 5.65. The van der Waals surface area contributed by atoms with Crippen molar-refractivity contribution in [1.82, 2.24) is 29.8 Å². The van der Waals surface area contributed by atoms with Crippen LogP contribution in [0.25, 0.3) is 5.65 Å². The van der Waals surface area contributed by atoms with Gasteiger partial charge < -0.3 is 10.2 Å². The summed E-state index contributed by atoms with van der Waals surface area (Å²) < 4.78 is 1.71. The molecule has 0 radical (unpaired) electrons. The van der Waals surface area contributed by atoms with Crippen molar-refractivity contribution < 1.29 is 9.59 Å². The van der Waals surface area contributed by atoms with Crippen LogP contribution in [0.3, 0.4) is 0 Å². The molecule has 1 fully saturated rings. The second-order valence-electron chi connectivity index (χ2n) is 6.25. The number of hydrogen-bond donors (Lipinski definition) is 1. The maximum Gasteiger partial charge on any atom is 0.265 e. The molecule has 9 heteroatoms. The molecule has 0 saturated carbocycles. The number of carbonyl (C=O) groups is 2. The van der Waals surface area contributed by atoms with Crippen LogP contribution >= 0.6 is 11.3 Å². The quantitative estimate of drug-likeness (QED) is 0.754. The van der Waals surface area contributed by atoms with Crippen LogP contribution in [0.2, 0.25) is 0 Å². The zero-order valence-electron chi connectivity index (χ0n) is 14.5. The number of nitrogens with one attached hydrogen (secondary N) is 1. The van der Waals surface area contributed by atoms with E-state index in [0.717, 1.165) is 17.8 Å². The van der Waals surface area contributed by atoms with E-state index in [1.165, 1.54) is 17.5 Å². The molecule has 2 amide bonds. The topological polar surface area (TPSA) is 92.5 Å². The number of rotatable bonds is 3. The fraction of sp³-hybridized carbons (Fsp3) is 0.353. The number of hydrogen-bond acceptors (Lipinski definition) is 6. The van der Waals surface area contributed by atoms with Gasteiger partial charge in [0.25, 0.3) is 11.8 Å². The van der Waals surface area contributed by atoms with Crippen LogP contribution < -0.4 is 5.32 Å². The molecule has 4 heterocycles. The van der Waals surface area contributed by atoms with Gasteiger partial charge in [0.2, 0.25) is 0 Å². The molecule has 1 atom stereocenters. The summed E-state index contributed by atoms with van der Waals surface area (Å²) >= 11 is 1.38. The van der Waals surface area contributed by atoms with Crippen molar-refractivity contribution in [3.63, 3.8) is 0 Å². The second-order valence-corrected chi connectivity index (χ2v) is 7.10. The maximum atomic E-state index is 12.7. The molecule has 0 bridgehead atoms. The largest absolute Gasteiger partial charge is 0.355 e. The first-order valence-electron chi connectivity index (χ1n) is 8.34. The molecular weight excluding hydrogens is 352 g/mol. The number of likely N-dealkylation sites (tertiary alicyclic amines) is 1. The molecule has 1 unspecified atom stereocenters. The van der Waals surface area contributed by atoms with E-state index in [0.29, 0.717) is 29.2 Å². The minimum absolute atomic E-state index is 0.0318. The van der Waals surface area contributed by atoms with E-state index in [2.05, 4.69) is 20.4 Å². The van der Waals surface area contributed by atoms with Crippen LogP contribution in [-0.2, 0) is 0 Å². The summed E-state index contributed by atoms with van der Waals surface area (Å²) in [6.45, 7) is 3.16. The summed E-state index contributed by atoms with van der Waals surface area (Å²) in [7, 11) is 1.58. The van der Waals surface area contributed by atoms with Gasteiger partial charge in [-0.15, -0.1) is 11.3 Å². The van der Waals surface area contributed by atoms with Gasteiger partial charge in [-0.05, 0) is 19.4 Å². The highest BCUT2D eigenvalue weighted by Gasteiger charge is 2.31. The Bertz CT molecular complexity index is 994. The Balaban J connectivity index is 1.61. The lowest BCUT2D eigenvalue weighted by Gasteiger charge is -2.16. The van der Waals surface area contributed by atoms with Crippen LogP contribution in [-0.4, -0.2) is 56.4 Å². The van der Waals surface area contributed by atoms with E-state index in [1.54, 1.807) is 23.3 Å². The Labute approximate surface area is 153 Å². The zero-order valence-corrected chi connectivity index (χ0v) is 15.3. The number of fused-ring (bicyclic) bond motifs is 1. The molecule has 1 aliphatic heterocycles. The highest BCUT2D eigenvalue weighted by atomic mass is 32.1. The van der Waals surface area contributed by atoms with Crippen molar-refractivity contribution in [2.24, 2.45) is 0 Å². The first-order chi connectivity index (χ1) is 12.6. The Morgan fingerprint density at radius 2 is 2.19 bits per heavy atom. The summed E-state index contributed by atoms with van der Waals surface area (Å²) in [5.41, 5.74) is 4.41. The molecule has 1 saturated heterocycles. The van der Waals surface area contributed by atoms with Crippen molar-refractivity contribution in [1.29, 1.82) is 0 Å². The highest BCUT2D eigenvalue weighted by Crippen LogP contribution is 2.29. The van der Waals surface area contributed by atoms with Gasteiger partial charge in [-0.25, -0.2) is 14.5 Å². The molecular formula is C17H18N6O2S. The number of nitrogens with zero attached hydrogens (tertiary/aromatic N) is 5. The summed E-state index contributed by atoms with van der Waals surface area (Å²) in [6.07, 6.45) is 4.07. The standard InChI is InChI=1S/C17H18N6O2S/c1-10-14(26-9-20-10)17(25)22-6-4-11(8-22)13-3-5-19-15-12(16(24)18-2)7-21-23(13)15/h3,5,7,9,11H,4,6,8H2,1-2H3,(H,18,24). The molecule has 3 aromatic heterocycles. The van der Waals surface area contributed by atoms with E-state index in [9.17, 15) is 9.59 Å². The van der Waals surface area contributed by atoms with Gasteiger partial charge >= 0.3 is 0 Å². The Hall–Kier alpha value is -2.81. The van der Waals surface area contributed by atoms with Crippen LogP contribution in [0.5, 0.6) is 0 Å². The van der Waals surface area contributed by atoms with Gasteiger partial charge in [0.1, 0.15) is 10.4 Å². The summed E-state index contributed by atoms with van der Waals surface area (Å²) in [5.74, 6) is -0.0343. The van der Waals surface area contributed by atoms with Crippen LogP contribution in [0, 0.1) is 6.92 Å².